The highest BCUT2D eigenvalue weighted by atomic mass is 16.5. The molecule has 112 valence electrons. The van der Waals surface area contributed by atoms with Gasteiger partial charge in [-0.25, -0.2) is 0 Å². The summed E-state index contributed by atoms with van der Waals surface area (Å²) in [5.41, 5.74) is 7.31. The van der Waals surface area contributed by atoms with Gasteiger partial charge < -0.3 is 14.9 Å². The fourth-order valence-electron chi connectivity index (χ4n) is 2.11. The van der Waals surface area contributed by atoms with E-state index in [-0.39, 0.29) is 5.92 Å². The molecule has 4 nitrogen and oxygen atoms in total. The molecule has 0 radical (unpaired) electrons. The number of ether oxygens (including phenoxy) is 1. The Morgan fingerprint density at radius 3 is 2.32 bits per heavy atom. The number of nitrogen functional groups attached to an aromatic ring is 1. The lowest BCUT2D eigenvalue weighted by Crippen LogP contribution is -1.92. The van der Waals surface area contributed by atoms with Crippen LogP contribution in [0, 0.1) is 0 Å². The van der Waals surface area contributed by atoms with Crippen LogP contribution in [-0.2, 0) is 0 Å². The normalized spacial score (nSPS) is 10.9. The van der Waals surface area contributed by atoms with Crippen molar-refractivity contribution < 1.29 is 9.15 Å². The Morgan fingerprint density at radius 1 is 1.00 bits per heavy atom. The largest absolute Gasteiger partial charge is 0.437 e. The standard InChI is InChI=1S/C18H18N2O2/c1-12(2)16-18(21-15-10-8-14(19)9-11-15)20-17(22-16)13-6-4-3-5-7-13/h3-12H,19H2,1-2H3. The highest BCUT2D eigenvalue weighted by Crippen LogP contribution is 2.34. The van der Waals surface area contributed by atoms with Crippen LogP contribution in [0.25, 0.3) is 11.5 Å². The van der Waals surface area contributed by atoms with Gasteiger partial charge in [0.2, 0.25) is 5.89 Å². The summed E-state index contributed by atoms with van der Waals surface area (Å²) in [5, 5.41) is 0. The Labute approximate surface area is 129 Å². The van der Waals surface area contributed by atoms with Crippen LogP contribution in [-0.4, -0.2) is 4.98 Å². The van der Waals surface area contributed by atoms with Crippen LogP contribution in [0.1, 0.15) is 25.5 Å². The van der Waals surface area contributed by atoms with Crippen molar-refractivity contribution >= 4 is 5.69 Å². The van der Waals surface area contributed by atoms with Crippen molar-refractivity contribution in [3.05, 3.63) is 60.4 Å². The Bertz CT molecular complexity index is 747. The quantitative estimate of drug-likeness (QED) is 0.699. The number of hydrogen-bond acceptors (Lipinski definition) is 4. The second-order valence-corrected chi connectivity index (χ2v) is 5.38. The van der Waals surface area contributed by atoms with Crippen LogP contribution in [0.2, 0.25) is 0 Å². The molecule has 0 aliphatic heterocycles. The molecule has 0 aliphatic rings. The zero-order chi connectivity index (χ0) is 15.5. The van der Waals surface area contributed by atoms with Crippen LogP contribution >= 0.6 is 0 Å². The number of hydrogen-bond donors (Lipinski definition) is 1. The first-order chi connectivity index (χ1) is 10.6. The van der Waals surface area contributed by atoms with E-state index >= 15 is 0 Å². The maximum absolute atomic E-state index is 5.90. The van der Waals surface area contributed by atoms with Crippen molar-refractivity contribution in [2.75, 3.05) is 5.73 Å². The molecule has 3 aromatic rings. The molecule has 1 heterocycles. The molecule has 0 saturated heterocycles. The van der Waals surface area contributed by atoms with E-state index in [1.54, 1.807) is 12.1 Å². The molecule has 0 fully saturated rings. The minimum Gasteiger partial charge on any atom is -0.437 e. The Morgan fingerprint density at radius 2 is 1.68 bits per heavy atom. The van der Waals surface area contributed by atoms with Gasteiger partial charge in [-0.3, -0.25) is 0 Å². The summed E-state index contributed by atoms with van der Waals surface area (Å²) in [4.78, 5) is 4.50. The molecule has 1 aromatic heterocycles. The maximum atomic E-state index is 5.90. The van der Waals surface area contributed by atoms with Gasteiger partial charge in [0, 0.05) is 17.2 Å². The SMILES string of the molecule is CC(C)c1oc(-c2ccccc2)nc1Oc1ccc(N)cc1. The van der Waals surface area contributed by atoms with E-state index in [1.165, 1.54) is 0 Å². The zero-order valence-electron chi connectivity index (χ0n) is 12.6. The topological polar surface area (TPSA) is 61.3 Å². The molecule has 0 bridgehead atoms. The molecule has 0 spiro atoms. The van der Waals surface area contributed by atoms with Crippen molar-refractivity contribution in [2.45, 2.75) is 19.8 Å². The highest BCUT2D eigenvalue weighted by molar-refractivity contribution is 5.54. The maximum Gasteiger partial charge on any atom is 0.262 e. The summed E-state index contributed by atoms with van der Waals surface area (Å²) >= 11 is 0. The average molecular weight is 294 g/mol. The Kier molecular flexibility index (Phi) is 3.83. The zero-order valence-corrected chi connectivity index (χ0v) is 12.6. The molecule has 0 saturated carbocycles. The van der Waals surface area contributed by atoms with Gasteiger partial charge in [-0.1, -0.05) is 32.0 Å². The van der Waals surface area contributed by atoms with Gasteiger partial charge in [-0.15, -0.1) is 0 Å². The second kappa shape index (κ2) is 5.93. The average Bonchev–Trinajstić information content (AvgIpc) is 2.95. The van der Waals surface area contributed by atoms with Crippen LogP contribution in [0.5, 0.6) is 11.6 Å². The van der Waals surface area contributed by atoms with Crippen molar-refractivity contribution in [3.63, 3.8) is 0 Å². The monoisotopic (exact) mass is 294 g/mol. The Hall–Kier alpha value is -2.75. The fraction of sp³-hybridized carbons (Fsp3) is 0.167. The van der Waals surface area contributed by atoms with Crippen molar-refractivity contribution in [3.8, 4) is 23.1 Å². The first-order valence-corrected chi connectivity index (χ1v) is 7.23. The molecule has 22 heavy (non-hydrogen) atoms. The number of anilines is 1. The Balaban J connectivity index is 1.96. The first kappa shape index (κ1) is 14.2. The lowest BCUT2D eigenvalue weighted by Gasteiger charge is -2.05. The molecular formula is C18H18N2O2. The predicted molar refractivity (Wildman–Crippen MR) is 87.0 cm³/mol. The van der Waals surface area contributed by atoms with E-state index in [9.17, 15) is 0 Å². The molecule has 0 amide bonds. The van der Waals surface area contributed by atoms with Crippen LogP contribution in [0.3, 0.4) is 0 Å². The van der Waals surface area contributed by atoms with Crippen molar-refractivity contribution in [1.29, 1.82) is 0 Å². The number of nitrogens with two attached hydrogens (primary N) is 1. The van der Waals surface area contributed by atoms with E-state index in [0.29, 0.717) is 23.2 Å². The van der Waals surface area contributed by atoms with Crippen LogP contribution in [0.15, 0.2) is 59.0 Å². The van der Waals surface area contributed by atoms with Crippen LogP contribution in [0.4, 0.5) is 5.69 Å². The van der Waals surface area contributed by atoms with Gasteiger partial charge in [0.1, 0.15) is 5.75 Å². The summed E-state index contributed by atoms with van der Waals surface area (Å²) in [7, 11) is 0. The lowest BCUT2D eigenvalue weighted by molar-refractivity contribution is 0.426. The third kappa shape index (κ3) is 2.96. The summed E-state index contributed by atoms with van der Waals surface area (Å²) < 4.78 is 11.8. The number of oxazole rings is 1. The molecule has 4 heteroatoms. The third-order valence-electron chi connectivity index (χ3n) is 3.26. The number of nitrogens with zero attached hydrogens (tertiary/aromatic N) is 1. The molecule has 0 unspecified atom stereocenters. The van der Waals surface area contributed by atoms with E-state index in [2.05, 4.69) is 4.98 Å². The van der Waals surface area contributed by atoms with Gasteiger partial charge in [-0.05, 0) is 36.4 Å². The van der Waals surface area contributed by atoms with Crippen molar-refractivity contribution in [1.82, 2.24) is 4.98 Å². The van der Waals surface area contributed by atoms with E-state index in [4.69, 9.17) is 14.9 Å². The smallest absolute Gasteiger partial charge is 0.262 e. The molecular weight excluding hydrogens is 276 g/mol. The van der Waals surface area contributed by atoms with Crippen LogP contribution < -0.4 is 10.5 Å². The summed E-state index contributed by atoms with van der Waals surface area (Å²) in [6.45, 7) is 4.09. The summed E-state index contributed by atoms with van der Waals surface area (Å²) in [6, 6.07) is 17.0. The summed E-state index contributed by atoms with van der Waals surface area (Å²) in [6.07, 6.45) is 0. The minimum atomic E-state index is 0.175. The molecule has 2 aromatic carbocycles. The number of rotatable bonds is 4. The molecule has 0 aliphatic carbocycles. The van der Waals surface area contributed by atoms with E-state index < -0.39 is 0 Å². The number of aromatic nitrogens is 1. The molecule has 2 N–H and O–H groups in total. The number of benzene rings is 2. The van der Waals surface area contributed by atoms with Gasteiger partial charge in [0.25, 0.3) is 5.88 Å². The van der Waals surface area contributed by atoms with E-state index in [0.717, 1.165) is 11.3 Å². The third-order valence-corrected chi connectivity index (χ3v) is 3.26. The van der Waals surface area contributed by atoms with Crippen molar-refractivity contribution in [2.24, 2.45) is 0 Å². The predicted octanol–water partition coefficient (Wildman–Crippen LogP) is 4.84. The molecule has 0 atom stereocenters. The summed E-state index contributed by atoms with van der Waals surface area (Å²) in [5.74, 6) is 2.65. The van der Waals surface area contributed by atoms with E-state index in [1.807, 2.05) is 56.3 Å². The highest BCUT2D eigenvalue weighted by Gasteiger charge is 2.19. The second-order valence-electron chi connectivity index (χ2n) is 5.38. The van der Waals surface area contributed by atoms with Gasteiger partial charge in [0.15, 0.2) is 5.76 Å². The fourth-order valence-corrected chi connectivity index (χ4v) is 2.11. The minimum absolute atomic E-state index is 0.175. The molecule has 3 rings (SSSR count). The first-order valence-electron chi connectivity index (χ1n) is 7.23. The van der Waals surface area contributed by atoms with Gasteiger partial charge in [0.05, 0.1) is 0 Å². The van der Waals surface area contributed by atoms with Gasteiger partial charge >= 0.3 is 0 Å². The lowest BCUT2D eigenvalue weighted by atomic mass is 10.2. The van der Waals surface area contributed by atoms with Gasteiger partial charge in [-0.2, -0.15) is 4.98 Å².